The summed E-state index contributed by atoms with van der Waals surface area (Å²) in [6, 6.07) is 1.99. The first-order valence-electron chi connectivity index (χ1n) is 17.8. The van der Waals surface area contributed by atoms with Crippen molar-refractivity contribution in [3.63, 3.8) is 0 Å². The zero-order valence-electron chi connectivity index (χ0n) is 36.3. The van der Waals surface area contributed by atoms with Crippen LogP contribution >= 0.6 is 0 Å². The molecule has 0 atom stereocenters. The number of esters is 1. The van der Waals surface area contributed by atoms with E-state index < -0.39 is 44.1 Å². The van der Waals surface area contributed by atoms with E-state index in [9.17, 15) is 9.59 Å². The second kappa shape index (κ2) is 17.4. The Morgan fingerprint density at radius 3 is 0.898 bits per heavy atom. The Morgan fingerprint density at radius 1 is 0.490 bits per heavy atom. The Balaban J connectivity index is 0. The summed E-state index contributed by atoms with van der Waals surface area (Å²) in [7, 11) is -6.39. The number of hydrogen-bond acceptors (Lipinski definition) is 8. The van der Waals surface area contributed by atoms with Gasteiger partial charge in [-0.05, 0) is 86.4 Å². The van der Waals surface area contributed by atoms with E-state index in [0.717, 1.165) is 0 Å². The third-order valence-electron chi connectivity index (χ3n) is 11.8. The van der Waals surface area contributed by atoms with Crippen molar-refractivity contribution in [2.45, 2.75) is 176 Å². The van der Waals surface area contributed by atoms with E-state index >= 15 is 0 Å². The summed E-state index contributed by atoms with van der Waals surface area (Å²) >= 11 is 0. The molecule has 0 radical (unpaired) electrons. The van der Waals surface area contributed by atoms with Crippen LogP contribution in [0.2, 0.25) is 72.5 Å². The molecule has 49 heavy (non-hydrogen) atoms. The Bertz CT molecular complexity index is 1060. The van der Waals surface area contributed by atoms with Crippen LogP contribution in [0.4, 0.5) is 0 Å². The van der Waals surface area contributed by atoms with Crippen LogP contribution in [0.3, 0.4) is 0 Å². The van der Waals surface area contributed by atoms with Gasteiger partial charge in [-0.3, -0.25) is 9.59 Å². The third-order valence-corrected chi connectivity index (χ3v) is 29.7. The Kier molecular flexibility index (Phi) is 18.0. The number of Topliss-reactive ketones (excluding diaryl/α,β-unsaturated/α-hetero) is 1. The van der Waals surface area contributed by atoms with Crippen LogP contribution in [-0.2, 0) is 32.0 Å². The highest BCUT2D eigenvalue weighted by Crippen LogP contribution is 2.42. The molecule has 0 unspecified atom stereocenters. The quantitative estimate of drug-likeness (QED) is 0.120. The second-order valence-corrected chi connectivity index (χ2v) is 39.8. The predicted octanol–water partition coefficient (Wildman–Crippen LogP) is 10.7. The van der Waals surface area contributed by atoms with Gasteiger partial charge in [0, 0.05) is 13.2 Å². The monoisotopic (exact) mass is 761 g/mol. The molecule has 0 heterocycles. The van der Waals surface area contributed by atoms with Gasteiger partial charge in [-0.2, -0.15) is 5.26 Å². The van der Waals surface area contributed by atoms with Gasteiger partial charge in [0.05, 0.1) is 38.2 Å². The van der Waals surface area contributed by atoms with Crippen molar-refractivity contribution in [3.8, 4) is 6.07 Å². The van der Waals surface area contributed by atoms with Crippen molar-refractivity contribution in [1.29, 1.82) is 5.26 Å². The molecule has 0 fully saturated rings. The Morgan fingerprint density at radius 2 is 0.714 bits per heavy atom. The van der Waals surface area contributed by atoms with Gasteiger partial charge in [0.15, 0.2) is 39.1 Å². The van der Waals surface area contributed by atoms with Gasteiger partial charge in [0.25, 0.3) is 0 Å². The molecular weight excluding hydrogens is 683 g/mol. The molecule has 0 aromatic rings. The number of carbonyl (C=O) groups is 2. The summed E-state index contributed by atoms with van der Waals surface area (Å²) < 4.78 is 30.3. The van der Waals surface area contributed by atoms with Crippen molar-refractivity contribution < 1.29 is 32.0 Å². The molecule has 0 saturated heterocycles. The molecule has 0 spiro atoms. The topological polar surface area (TPSA) is 104 Å². The lowest BCUT2D eigenvalue weighted by Gasteiger charge is -2.42. The number of carbonyl (C=O) groups excluding carboxylic acids is 2. The number of methoxy groups -OCH3 is 1. The largest absolute Gasteiger partial charge is 0.468 e. The lowest BCUT2D eigenvalue weighted by atomic mass is 9.86. The maximum Gasteiger partial charge on any atom is 0.316 e. The van der Waals surface area contributed by atoms with E-state index in [1.54, 1.807) is 0 Å². The first-order valence-corrected chi connectivity index (χ1v) is 29.5. The number of hydrogen-bond donors (Lipinski definition) is 0. The minimum Gasteiger partial charge on any atom is -0.468 e. The van der Waals surface area contributed by atoms with Crippen molar-refractivity contribution >= 4 is 45.0 Å². The minimum absolute atomic E-state index is 0.0759. The lowest BCUT2D eigenvalue weighted by molar-refractivity contribution is -0.156. The maximum absolute atomic E-state index is 12.6. The minimum atomic E-state index is -1.97. The normalized spacial score (nSPS) is 14.5. The van der Waals surface area contributed by atoms with E-state index in [2.05, 4.69) is 135 Å². The molecule has 0 aliphatic rings. The fourth-order valence-electron chi connectivity index (χ4n) is 3.12. The van der Waals surface area contributed by atoms with Gasteiger partial charge in [-0.25, -0.2) is 0 Å². The summed E-state index contributed by atoms with van der Waals surface area (Å²) in [6.07, 6.45) is -0.0990. The lowest BCUT2D eigenvalue weighted by Crippen LogP contribution is -2.50. The molecule has 0 N–H and O–H groups in total. The SMILES string of the molecule is CC(CO[Si](C)(C)C(C)(C)C)(CO[Si](C)(C)C(C)(C)C)C(=O)CC#N.COC(=O)C(C)(CO[Si](C)(C)C(C)(C)C)CO[Si](C)(C)C(C)(C)C. The molecule has 0 aliphatic heterocycles. The maximum atomic E-state index is 12.6. The highest BCUT2D eigenvalue weighted by molar-refractivity contribution is 6.75. The Hall–Kier alpha value is -0.662. The van der Waals surface area contributed by atoms with E-state index in [1.165, 1.54) is 7.11 Å². The zero-order chi connectivity index (χ0) is 39.9. The van der Waals surface area contributed by atoms with Crippen molar-refractivity contribution in [1.82, 2.24) is 0 Å². The van der Waals surface area contributed by atoms with E-state index in [-0.39, 0.29) is 38.3 Å². The van der Waals surface area contributed by atoms with Crippen molar-refractivity contribution in [2.24, 2.45) is 10.8 Å². The van der Waals surface area contributed by atoms with Gasteiger partial charge in [0.2, 0.25) is 0 Å². The number of nitriles is 1. The Labute approximate surface area is 307 Å². The molecule has 0 aromatic carbocycles. The number of ketones is 1. The smallest absolute Gasteiger partial charge is 0.316 e. The summed E-state index contributed by atoms with van der Waals surface area (Å²) in [5.41, 5.74) is -1.56. The highest BCUT2D eigenvalue weighted by Gasteiger charge is 2.46. The first kappa shape index (κ1) is 50.4. The first-order chi connectivity index (χ1) is 21.3. The molecule has 0 saturated carbocycles. The molecule has 0 bridgehead atoms. The van der Waals surface area contributed by atoms with E-state index in [1.807, 2.05) is 19.9 Å². The van der Waals surface area contributed by atoms with Gasteiger partial charge in [-0.15, -0.1) is 0 Å². The standard InChI is InChI=1S/C19H39NO3Si2.C18H40O4Si2/c1-17(2,3)24(8,9)22-14-19(7,16(21)12-13-20)15-23-25(10,11)18(4,5)6;1-16(2,3)23(9,10)21-13-18(7,15(19)20-8)14-22-24(11,12)17(4,5)6/h12,14-15H2,1-11H3;13-14H2,1-12H3. The van der Waals surface area contributed by atoms with Crippen molar-refractivity contribution in [3.05, 3.63) is 0 Å². The van der Waals surface area contributed by atoms with E-state index in [0.29, 0.717) is 26.4 Å². The van der Waals surface area contributed by atoms with Crippen molar-refractivity contribution in [2.75, 3.05) is 33.5 Å². The zero-order valence-corrected chi connectivity index (χ0v) is 40.3. The summed E-state index contributed by atoms with van der Waals surface area (Å²) in [4.78, 5) is 25.1. The molecule has 12 heteroatoms. The van der Waals surface area contributed by atoms with Crippen LogP contribution in [0, 0.1) is 22.2 Å². The van der Waals surface area contributed by atoms with Crippen LogP contribution in [0.15, 0.2) is 0 Å². The van der Waals surface area contributed by atoms with Gasteiger partial charge >= 0.3 is 5.97 Å². The number of ether oxygens (including phenoxy) is 1. The molecule has 8 nitrogen and oxygen atoms in total. The molecule has 0 aromatic heterocycles. The predicted molar refractivity (Wildman–Crippen MR) is 216 cm³/mol. The van der Waals surface area contributed by atoms with Crippen LogP contribution in [0.1, 0.15) is 103 Å². The molecule has 0 amide bonds. The van der Waals surface area contributed by atoms with Gasteiger partial charge in [-0.1, -0.05) is 83.1 Å². The molecule has 0 aliphatic carbocycles. The number of nitrogens with zero attached hydrogens (tertiary/aromatic N) is 1. The third kappa shape index (κ3) is 15.1. The average molecular weight is 762 g/mol. The fraction of sp³-hybridized carbons (Fsp3) is 0.919. The fourth-order valence-corrected chi connectivity index (χ4v) is 7.57. The van der Waals surface area contributed by atoms with Gasteiger partial charge in [0.1, 0.15) is 5.41 Å². The van der Waals surface area contributed by atoms with E-state index in [4.69, 9.17) is 27.7 Å². The summed E-state index contributed by atoms with van der Waals surface area (Å²) in [6.45, 7) is 48.8. The van der Waals surface area contributed by atoms with Gasteiger partial charge < -0.3 is 22.4 Å². The average Bonchev–Trinajstić information content (AvgIpc) is 2.90. The van der Waals surface area contributed by atoms with Crippen LogP contribution in [-0.4, -0.2) is 78.6 Å². The molecular formula is C37H79NO7Si4. The van der Waals surface area contributed by atoms with Crippen LogP contribution < -0.4 is 0 Å². The number of rotatable bonds is 15. The van der Waals surface area contributed by atoms with Crippen LogP contribution in [0.5, 0.6) is 0 Å². The second-order valence-electron chi connectivity index (χ2n) is 20.6. The van der Waals surface area contributed by atoms with Crippen LogP contribution in [0.25, 0.3) is 0 Å². The summed E-state index contributed by atoms with van der Waals surface area (Å²) in [5.74, 6) is -0.354. The summed E-state index contributed by atoms with van der Waals surface area (Å²) in [5, 5.41) is 9.33. The molecule has 290 valence electrons. The molecule has 0 rings (SSSR count). The highest BCUT2D eigenvalue weighted by atomic mass is 28.4.